The molecule has 1 amide bonds. The molecule has 2 aromatic carbocycles. The standard InChI is InChI=1S/C21H24F3NO5/c1-27-16-7-6-15(18(11-16)28-2)12-25-20(26)9-5-14-4-8-17(19(10-14)29-3)30-13-21(22,23)24/h4,6-8,10-11H,5,9,12-13H2,1-3H3,(H,25,26). The van der Waals surface area contributed by atoms with Gasteiger partial charge in [0.1, 0.15) is 11.5 Å². The summed E-state index contributed by atoms with van der Waals surface area (Å²) in [5.41, 5.74) is 1.54. The molecule has 0 radical (unpaired) electrons. The molecule has 6 nitrogen and oxygen atoms in total. The molecule has 0 spiro atoms. The smallest absolute Gasteiger partial charge is 0.422 e. The van der Waals surface area contributed by atoms with E-state index in [4.69, 9.17) is 18.9 Å². The number of nitrogens with one attached hydrogen (secondary N) is 1. The van der Waals surface area contributed by atoms with Crippen LogP contribution in [0.25, 0.3) is 0 Å². The molecule has 30 heavy (non-hydrogen) atoms. The molecule has 0 fully saturated rings. The van der Waals surface area contributed by atoms with Crippen LogP contribution in [0.4, 0.5) is 13.2 Å². The molecule has 164 valence electrons. The molecule has 2 rings (SSSR count). The molecule has 0 unspecified atom stereocenters. The number of benzene rings is 2. The van der Waals surface area contributed by atoms with Gasteiger partial charge in [0.2, 0.25) is 5.91 Å². The van der Waals surface area contributed by atoms with Crippen LogP contribution in [0.3, 0.4) is 0 Å². The minimum absolute atomic E-state index is 0.00497. The van der Waals surface area contributed by atoms with Crippen LogP contribution in [-0.4, -0.2) is 40.0 Å². The molecule has 0 bridgehead atoms. The van der Waals surface area contributed by atoms with E-state index in [-0.39, 0.29) is 23.8 Å². The average molecular weight is 427 g/mol. The van der Waals surface area contributed by atoms with Crippen molar-refractivity contribution in [1.29, 1.82) is 0 Å². The fraction of sp³-hybridized carbons (Fsp3) is 0.381. The molecule has 0 saturated carbocycles. The van der Waals surface area contributed by atoms with E-state index in [9.17, 15) is 18.0 Å². The third-order valence-electron chi connectivity index (χ3n) is 4.23. The molecule has 1 N–H and O–H groups in total. The number of hydrogen-bond donors (Lipinski definition) is 1. The molecule has 9 heteroatoms. The van der Waals surface area contributed by atoms with E-state index >= 15 is 0 Å². The van der Waals surface area contributed by atoms with Crippen LogP contribution in [0.15, 0.2) is 36.4 Å². The van der Waals surface area contributed by atoms with Gasteiger partial charge in [0, 0.05) is 24.6 Å². The molecule has 0 aliphatic heterocycles. The van der Waals surface area contributed by atoms with Gasteiger partial charge in [0.25, 0.3) is 0 Å². The first kappa shape index (κ1) is 23.2. The van der Waals surface area contributed by atoms with Crippen molar-refractivity contribution in [1.82, 2.24) is 5.32 Å². The van der Waals surface area contributed by atoms with Crippen molar-refractivity contribution in [2.45, 2.75) is 25.6 Å². The van der Waals surface area contributed by atoms with Crippen LogP contribution >= 0.6 is 0 Å². The van der Waals surface area contributed by atoms with Gasteiger partial charge in [-0.1, -0.05) is 6.07 Å². The Morgan fingerprint density at radius 2 is 1.67 bits per heavy atom. The van der Waals surface area contributed by atoms with E-state index < -0.39 is 12.8 Å². The number of alkyl halides is 3. The van der Waals surface area contributed by atoms with Crippen molar-refractivity contribution in [2.75, 3.05) is 27.9 Å². The zero-order valence-electron chi connectivity index (χ0n) is 17.0. The summed E-state index contributed by atoms with van der Waals surface area (Å²) in [5, 5.41) is 2.82. The van der Waals surface area contributed by atoms with E-state index in [1.54, 1.807) is 31.4 Å². The number of ether oxygens (including phenoxy) is 4. The maximum Gasteiger partial charge on any atom is 0.422 e. The summed E-state index contributed by atoms with van der Waals surface area (Å²) in [6, 6.07) is 9.89. The van der Waals surface area contributed by atoms with Gasteiger partial charge in [-0.05, 0) is 36.2 Å². The van der Waals surface area contributed by atoms with Crippen molar-refractivity contribution in [2.24, 2.45) is 0 Å². The number of halogens is 3. The quantitative estimate of drug-likeness (QED) is 0.623. The predicted molar refractivity (Wildman–Crippen MR) is 104 cm³/mol. The minimum Gasteiger partial charge on any atom is -0.497 e. The van der Waals surface area contributed by atoms with Crippen molar-refractivity contribution < 1.29 is 36.9 Å². The lowest BCUT2D eigenvalue weighted by Gasteiger charge is -2.14. The number of aryl methyl sites for hydroxylation is 1. The molecule has 0 atom stereocenters. The Morgan fingerprint density at radius 3 is 2.30 bits per heavy atom. The SMILES string of the molecule is COc1ccc(CNC(=O)CCc2ccc(OCC(F)(F)F)c(OC)c2)c(OC)c1. The second-order valence-corrected chi connectivity index (χ2v) is 6.34. The van der Waals surface area contributed by atoms with Crippen LogP contribution in [-0.2, 0) is 17.8 Å². The highest BCUT2D eigenvalue weighted by molar-refractivity contribution is 5.76. The fourth-order valence-corrected chi connectivity index (χ4v) is 2.68. The number of hydrogen-bond acceptors (Lipinski definition) is 5. The van der Waals surface area contributed by atoms with E-state index in [0.29, 0.717) is 24.5 Å². The van der Waals surface area contributed by atoms with Crippen LogP contribution in [0.1, 0.15) is 17.5 Å². The van der Waals surface area contributed by atoms with Gasteiger partial charge in [0.15, 0.2) is 18.1 Å². The Morgan fingerprint density at radius 1 is 0.933 bits per heavy atom. The summed E-state index contributed by atoms with van der Waals surface area (Å²) in [4.78, 5) is 12.2. The number of carbonyl (C=O) groups is 1. The molecule has 0 heterocycles. The van der Waals surface area contributed by atoms with Crippen LogP contribution in [0, 0.1) is 0 Å². The van der Waals surface area contributed by atoms with Crippen LogP contribution < -0.4 is 24.3 Å². The Labute approximate surface area is 172 Å². The molecule has 0 saturated heterocycles. The zero-order chi connectivity index (χ0) is 22.1. The monoisotopic (exact) mass is 427 g/mol. The third kappa shape index (κ3) is 7.06. The summed E-state index contributed by atoms with van der Waals surface area (Å²) in [7, 11) is 4.43. The van der Waals surface area contributed by atoms with Gasteiger partial charge >= 0.3 is 6.18 Å². The van der Waals surface area contributed by atoms with Crippen molar-refractivity contribution in [3.63, 3.8) is 0 Å². The first-order valence-corrected chi connectivity index (χ1v) is 9.09. The summed E-state index contributed by atoms with van der Waals surface area (Å²) >= 11 is 0. The molecule has 0 aromatic heterocycles. The normalized spacial score (nSPS) is 11.0. The number of carbonyl (C=O) groups excluding carboxylic acids is 1. The number of amides is 1. The Hall–Kier alpha value is -3.10. The summed E-state index contributed by atoms with van der Waals surface area (Å²) in [5.74, 6) is 1.26. The van der Waals surface area contributed by atoms with Gasteiger partial charge in [-0.25, -0.2) is 0 Å². The van der Waals surface area contributed by atoms with E-state index in [1.807, 2.05) is 6.07 Å². The van der Waals surface area contributed by atoms with E-state index in [2.05, 4.69) is 5.32 Å². The van der Waals surface area contributed by atoms with Crippen LogP contribution in [0.5, 0.6) is 23.0 Å². The van der Waals surface area contributed by atoms with Gasteiger partial charge in [-0.15, -0.1) is 0 Å². The van der Waals surface area contributed by atoms with Crippen molar-refractivity contribution in [3.05, 3.63) is 47.5 Å². The predicted octanol–water partition coefficient (Wildman–Crippen LogP) is 3.90. The van der Waals surface area contributed by atoms with Crippen LogP contribution in [0.2, 0.25) is 0 Å². The molecular weight excluding hydrogens is 403 g/mol. The highest BCUT2D eigenvalue weighted by Gasteiger charge is 2.29. The lowest BCUT2D eigenvalue weighted by molar-refractivity contribution is -0.153. The Balaban J connectivity index is 1.90. The second kappa shape index (κ2) is 10.6. The van der Waals surface area contributed by atoms with Crippen molar-refractivity contribution in [3.8, 4) is 23.0 Å². The maximum atomic E-state index is 12.3. The topological polar surface area (TPSA) is 66.0 Å². The summed E-state index contributed by atoms with van der Waals surface area (Å²) in [6.07, 6.45) is -3.85. The number of rotatable bonds is 10. The Kier molecular flexibility index (Phi) is 8.20. The van der Waals surface area contributed by atoms with Crippen molar-refractivity contribution >= 4 is 5.91 Å². The highest BCUT2D eigenvalue weighted by Crippen LogP contribution is 2.30. The van der Waals surface area contributed by atoms with Gasteiger partial charge in [-0.2, -0.15) is 13.2 Å². The molecule has 2 aromatic rings. The lowest BCUT2D eigenvalue weighted by atomic mass is 10.1. The summed E-state index contributed by atoms with van der Waals surface area (Å²) in [6.45, 7) is -1.11. The Bertz CT molecular complexity index is 855. The molecular formula is C21H24F3NO5. The number of methoxy groups -OCH3 is 3. The zero-order valence-corrected chi connectivity index (χ0v) is 17.0. The summed E-state index contributed by atoms with van der Waals surface area (Å²) < 4.78 is 57.2. The average Bonchev–Trinajstić information content (AvgIpc) is 2.74. The highest BCUT2D eigenvalue weighted by atomic mass is 19.4. The fourth-order valence-electron chi connectivity index (χ4n) is 2.68. The maximum absolute atomic E-state index is 12.3. The van der Waals surface area contributed by atoms with Gasteiger partial charge in [0.05, 0.1) is 21.3 Å². The third-order valence-corrected chi connectivity index (χ3v) is 4.23. The lowest BCUT2D eigenvalue weighted by Crippen LogP contribution is -2.23. The molecule has 0 aliphatic carbocycles. The first-order valence-electron chi connectivity index (χ1n) is 9.09. The van der Waals surface area contributed by atoms with Gasteiger partial charge in [-0.3, -0.25) is 4.79 Å². The largest absolute Gasteiger partial charge is 0.497 e. The second-order valence-electron chi connectivity index (χ2n) is 6.34. The first-order chi connectivity index (χ1) is 14.3. The van der Waals surface area contributed by atoms with Gasteiger partial charge < -0.3 is 24.3 Å². The van der Waals surface area contributed by atoms with E-state index in [1.165, 1.54) is 20.3 Å². The molecule has 0 aliphatic rings. The minimum atomic E-state index is -4.44. The van der Waals surface area contributed by atoms with E-state index in [0.717, 1.165) is 11.1 Å².